The maximum absolute atomic E-state index is 12.3. The highest BCUT2D eigenvalue weighted by Gasteiger charge is 2.33. The Bertz CT molecular complexity index is 476. The van der Waals surface area contributed by atoms with Gasteiger partial charge in [-0.25, -0.2) is 4.79 Å². The number of para-hydroxylation sites is 1. The monoisotopic (exact) mass is 311 g/mol. The Labute approximate surface area is 133 Å². The molecule has 1 aliphatic rings. The van der Waals surface area contributed by atoms with Crippen LogP contribution in [0.5, 0.6) is 0 Å². The largest absolute Gasteiger partial charge is 0.458 e. The standard InChI is InChI=1S/C17H25NO2.ClH/c1-11(2)13-9-8-12(3)10-16(13)20-17(19)14-6-4-5-7-15(14)18;/h4-7,11-13,16H,8-10,18H2,1-3H3;1H. The molecule has 3 unspecified atom stereocenters. The first-order valence-electron chi connectivity index (χ1n) is 7.54. The molecule has 21 heavy (non-hydrogen) atoms. The van der Waals surface area contributed by atoms with E-state index in [4.69, 9.17) is 10.5 Å². The van der Waals surface area contributed by atoms with E-state index in [1.165, 1.54) is 6.42 Å². The van der Waals surface area contributed by atoms with Gasteiger partial charge in [-0.1, -0.05) is 39.3 Å². The fourth-order valence-corrected chi connectivity index (χ4v) is 3.13. The Morgan fingerprint density at radius 3 is 2.57 bits per heavy atom. The maximum Gasteiger partial charge on any atom is 0.340 e. The van der Waals surface area contributed by atoms with Crippen LogP contribution in [0.1, 0.15) is 50.4 Å². The summed E-state index contributed by atoms with van der Waals surface area (Å²) in [5.41, 5.74) is 6.82. The number of nitrogens with two attached hydrogens (primary N) is 1. The third kappa shape index (κ3) is 4.37. The van der Waals surface area contributed by atoms with Gasteiger partial charge in [0.05, 0.1) is 5.56 Å². The first-order chi connectivity index (χ1) is 9.49. The number of esters is 1. The van der Waals surface area contributed by atoms with Gasteiger partial charge >= 0.3 is 5.97 Å². The molecule has 2 rings (SSSR count). The molecule has 0 bridgehead atoms. The van der Waals surface area contributed by atoms with Crippen LogP contribution in [0, 0.1) is 17.8 Å². The molecule has 0 radical (unpaired) electrons. The Hall–Kier alpha value is -1.22. The summed E-state index contributed by atoms with van der Waals surface area (Å²) >= 11 is 0. The van der Waals surface area contributed by atoms with E-state index in [0.717, 1.165) is 12.8 Å². The number of hydrogen-bond donors (Lipinski definition) is 1. The molecule has 1 aromatic carbocycles. The molecule has 2 N–H and O–H groups in total. The summed E-state index contributed by atoms with van der Waals surface area (Å²) in [5.74, 6) is 1.33. The number of benzene rings is 1. The number of carbonyl (C=O) groups is 1. The smallest absolute Gasteiger partial charge is 0.340 e. The molecule has 3 atom stereocenters. The summed E-state index contributed by atoms with van der Waals surface area (Å²) in [7, 11) is 0. The quantitative estimate of drug-likeness (QED) is 0.668. The van der Waals surface area contributed by atoms with Gasteiger partial charge in [0.1, 0.15) is 6.10 Å². The number of hydrogen-bond acceptors (Lipinski definition) is 3. The van der Waals surface area contributed by atoms with E-state index in [2.05, 4.69) is 20.8 Å². The van der Waals surface area contributed by atoms with Crippen LogP contribution in [0.4, 0.5) is 5.69 Å². The van der Waals surface area contributed by atoms with Crippen molar-refractivity contribution >= 4 is 24.1 Å². The Morgan fingerprint density at radius 2 is 1.95 bits per heavy atom. The van der Waals surface area contributed by atoms with Crippen molar-refractivity contribution in [1.82, 2.24) is 0 Å². The molecule has 4 heteroatoms. The van der Waals surface area contributed by atoms with Crippen molar-refractivity contribution in [2.45, 2.75) is 46.1 Å². The fraction of sp³-hybridized carbons (Fsp3) is 0.588. The van der Waals surface area contributed by atoms with Gasteiger partial charge in [-0.3, -0.25) is 0 Å². The van der Waals surface area contributed by atoms with E-state index in [1.807, 2.05) is 12.1 Å². The van der Waals surface area contributed by atoms with Gasteiger partial charge in [-0.05, 0) is 42.7 Å². The minimum atomic E-state index is -0.284. The van der Waals surface area contributed by atoms with Crippen molar-refractivity contribution in [3.63, 3.8) is 0 Å². The molecule has 3 nitrogen and oxygen atoms in total. The zero-order valence-corrected chi connectivity index (χ0v) is 13.9. The number of nitrogen functional groups attached to an aromatic ring is 1. The summed E-state index contributed by atoms with van der Waals surface area (Å²) < 4.78 is 5.78. The zero-order valence-electron chi connectivity index (χ0n) is 13.0. The predicted octanol–water partition coefficient (Wildman–Crippen LogP) is 4.31. The van der Waals surface area contributed by atoms with Crippen molar-refractivity contribution in [1.29, 1.82) is 0 Å². The fourth-order valence-electron chi connectivity index (χ4n) is 3.13. The predicted molar refractivity (Wildman–Crippen MR) is 88.6 cm³/mol. The van der Waals surface area contributed by atoms with Crippen LogP contribution in [-0.4, -0.2) is 12.1 Å². The molecule has 0 spiro atoms. The molecule has 0 aliphatic heterocycles. The molecule has 0 heterocycles. The van der Waals surface area contributed by atoms with Crippen LogP contribution in [-0.2, 0) is 4.74 Å². The molecule has 1 fully saturated rings. The Balaban J connectivity index is 0.00000220. The average molecular weight is 312 g/mol. The third-order valence-corrected chi connectivity index (χ3v) is 4.40. The number of carbonyl (C=O) groups excluding carboxylic acids is 1. The van der Waals surface area contributed by atoms with E-state index in [0.29, 0.717) is 29.0 Å². The molecule has 0 saturated heterocycles. The van der Waals surface area contributed by atoms with Gasteiger partial charge in [-0.2, -0.15) is 0 Å². The van der Waals surface area contributed by atoms with Gasteiger partial charge in [-0.15, -0.1) is 12.4 Å². The second kappa shape index (κ2) is 7.69. The number of halogens is 1. The lowest BCUT2D eigenvalue weighted by Gasteiger charge is -2.36. The van der Waals surface area contributed by atoms with Crippen LogP contribution in [0.25, 0.3) is 0 Å². The lowest BCUT2D eigenvalue weighted by molar-refractivity contribution is -0.0173. The van der Waals surface area contributed by atoms with E-state index < -0.39 is 0 Å². The lowest BCUT2D eigenvalue weighted by Crippen LogP contribution is -2.36. The van der Waals surface area contributed by atoms with Crippen LogP contribution >= 0.6 is 12.4 Å². The van der Waals surface area contributed by atoms with Crippen molar-refractivity contribution in [3.8, 4) is 0 Å². The summed E-state index contributed by atoms with van der Waals surface area (Å²) in [4.78, 5) is 12.3. The topological polar surface area (TPSA) is 52.3 Å². The SMILES string of the molecule is CC1CCC(C(C)C)C(OC(=O)c2ccccc2N)C1.Cl. The second-order valence-corrected chi connectivity index (χ2v) is 6.36. The minimum absolute atomic E-state index is 0. The summed E-state index contributed by atoms with van der Waals surface area (Å²) in [6.07, 6.45) is 3.35. The lowest BCUT2D eigenvalue weighted by atomic mass is 9.75. The van der Waals surface area contributed by atoms with Crippen LogP contribution in [0.15, 0.2) is 24.3 Å². The summed E-state index contributed by atoms with van der Waals surface area (Å²) in [5, 5.41) is 0. The van der Waals surface area contributed by atoms with Crippen molar-refractivity contribution in [2.75, 3.05) is 5.73 Å². The maximum atomic E-state index is 12.3. The van der Waals surface area contributed by atoms with Crippen molar-refractivity contribution in [2.24, 2.45) is 17.8 Å². The van der Waals surface area contributed by atoms with Crippen LogP contribution in [0.2, 0.25) is 0 Å². The van der Waals surface area contributed by atoms with E-state index in [1.54, 1.807) is 12.1 Å². The van der Waals surface area contributed by atoms with E-state index in [-0.39, 0.29) is 24.5 Å². The first-order valence-corrected chi connectivity index (χ1v) is 7.54. The van der Waals surface area contributed by atoms with Crippen molar-refractivity contribution < 1.29 is 9.53 Å². The van der Waals surface area contributed by atoms with E-state index in [9.17, 15) is 4.79 Å². The summed E-state index contributed by atoms with van der Waals surface area (Å²) in [6.45, 7) is 6.64. The Kier molecular flexibility index (Phi) is 6.53. The number of anilines is 1. The molecule has 1 aliphatic carbocycles. The van der Waals surface area contributed by atoms with Gasteiger partial charge in [0, 0.05) is 5.69 Å². The second-order valence-electron chi connectivity index (χ2n) is 6.36. The van der Waals surface area contributed by atoms with Crippen LogP contribution < -0.4 is 5.73 Å². The first kappa shape index (κ1) is 17.8. The Morgan fingerprint density at radius 1 is 1.29 bits per heavy atom. The molecule has 118 valence electrons. The molecular weight excluding hydrogens is 286 g/mol. The van der Waals surface area contributed by atoms with Gasteiger partial charge in [0.15, 0.2) is 0 Å². The molecule has 0 amide bonds. The van der Waals surface area contributed by atoms with Gasteiger partial charge < -0.3 is 10.5 Å². The minimum Gasteiger partial charge on any atom is -0.458 e. The zero-order chi connectivity index (χ0) is 14.7. The average Bonchev–Trinajstić information content (AvgIpc) is 2.38. The van der Waals surface area contributed by atoms with Crippen molar-refractivity contribution in [3.05, 3.63) is 29.8 Å². The molecule has 0 aromatic heterocycles. The van der Waals surface area contributed by atoms with Gasteiger partial charge in [0.2, 0.25) is 0 Å². The van der Waals surface area contributed by atoms with E-state index >= 15 is 0 Å². The number of ether oxygens (including phenoxy) is 1. The number of rotatable bonds is 3. The summed E-state index contributed by atoms with van der Waals surface area (Å²) in [6, 6.07) is 7.11. The highest BCUT2D eigenvalue weighted by Crippen LogP contribution is 2.35. The van der Waals surface area contributed by atoms with Crippen LogP contribution in [0.3, 0.4) is 0 Å². The van der Waals surface area contributed by atoms with Gasteiger partial charge in [0.25, 0.3) is 0 Å². The normalized spacial score (nSPS) is 25.2. The highest BCUT2D eigenvalue weighted by molar-refractivity contribution is 5.95. The molecular formula is C17H26ClNO2. The molecule has 1 aromatic rings. The highest BCUT2D eigenvalue weighted by atomic mass is 35.5. The molecule has 1 saturated carbocycles. The third-order valence-electron chi connectivity index (χ3n) is 4.40.